The summed E-state index contributed by atoms with van der Waals surface area (Å²) in [5, 5.41) is 183. The van der Waals surface area contributed by atoms with E-state index in [-0.39, 0.29) is 43.5 Å². The minimum atomic E-state index is -2.37. The number of nitrogens with zero attached hydrogens (tertiary/aromatic N) is 1. The van der Waals surface area contributed by atoms with Crippen molar-refractivity contribution >= 4 is 47.4 Å². The lowest BCUT2D eigenvalue weighted by atomic mass is 9.88. The number of guanidine groups is 2. The van der Waals surface area contributed by atoms with Crippen molar-refractivity contribution in [1.82, 2.24) is 52.8 Å². The van der Waals surface area contributed by atoms with Crippen LogP contribution in [0.3, 0.4) is 0 Å². The van der Waals surface area contributed by atoms with E-state index in [9.17, 15) is 80.8 Å². The summed E-state index contributed by atoms with van der Waals surface area (Å²) >= 11 is 0. The van der Waals surface area contributed by atoms with Gasteiger partial charge < -0.3 is 152 Å². The number of nitrogens with one attached hydrogen (secondary N) is 11. The molecule has 6 amide bonds. The summed E-state index contributed by atoms with van der Waals surface area (Å²) in [6.07, 6.45) is -31.6. The van der Waals surface area contributed by atoms with Crippen molar-refractivity contribution in [3.05, 3.63) is 126 Å². The number of aliphatic hydroxyl groups is 13. The summed E-state index contributed by atoms with van der Waals surface area (Å²) in [4.78, 5) is 88.9. The molecule has 0 saturated carbocycles. The normalized spacial score (nSPS) is 33.8. The summed E-state index contributed by atoms with van der Waals surface area (Å²) in [6.45, 7) is -3.25. The average Bonchev–Trinajstić information content (AvgIpc) is 1.48. The predicted octanol–water partition coefficient (Wildman–Crippen LogP) is -8.78. The Labute approximate surface area is 605 Å². The molecule has 10 rings (SSSR count). The van der Waals surface area contributed by atoms with E-state index in [4.69, 9.17) is 44.0 Å². The molecule has 0 spiro atoms. The highest BCUT2D eigenvalue weighted by Crippen LogP contribution is 2.33. The van der Waals surface area contributed by atoms with Gasteiger partial charge in [-0.1, -0.05) is 79.7 Å². The lowest BCUT2D eigenvalue weighted by Gasteiger charge is -2.46. The summed E-state index contributed by atoms with van der Waals surface area (Å²) in [5.41, 5.74) is 1.45. The van der Waals surface area contributed by atoms with Crippen molar-refractivity contribution in [3.63, 3.8) is 0 Å². The van der Waals surface area contributed by atoms with E-state index < -0.39 is 233 Å². The van der Waals surface area contributed by atoms with Crippen LogP contribution in [0.4, 0.5) is 0 Å². The first-order valence-electron chi connectivity index (χ1n) is 34.2. The van der Waals surface area contributed by atoms with E-state index >= 15 is 14.4 Å². The van der Waals surface area contributed by atoms with Crippen LogP contribution in [-0.4, -0.2) is 311 Å². The smallest absolute Gasteiger partial charge is 0.246 e. The van der Waals surface area contributed by atoms with Crippen LogP contribution in [0.15, 0.2) is 109 Å². The van der Waals surface area contributed by atoms with Crippen molar-refractivity contribution in [2.75, 3.05) is 46.1 Å². The minimum Gasteiger partial charge on any atom is -0.462 e. The molecule has 25 unspecified atom stereocenters. The maximum atomic E-state index is 15.3. The van der Waals surface area contributed by atoms with Crippen molar-refractivity contribution in [1.29, 1.82) is 10.8 Å². The van der Waals surface area contributed by atoms with Crippen molar-refractivity contribution in [3.8, 4) is 17.2 Å². The molecule has 0 aromatic heterocycles. The first-order chi connectivity index (χ1) is 50.8. The number of hydrogen-bond acceptors (Lipinski definition) is 28. The molecule has 6 fully saturated rings. The van der Waals surface area contributed by atoms with Gasteiger partial charge in [-0.15, -0.1) is 0 Å². The average molecular weight is 1490 g/mol. The minimum absolute atomic E-state index is 0.0195. The second kappa shape index (κ2) is 36.1. The third-order valence-corrected chi connectivity index (χ3v) is 19.1. The van der Waals surface area contributed by atoms with E-state index in [2.05, 4.69) is 47.9 Å². The van der Waals surface area contributed by atoms with Gasteiger partial charge in [-0.25, -0.2) is 0 Å². The highest BCUT2D eigenvalue weighted by molar-refractivity contribution is 5.98. The molecular formula is C68H90N12O26. The molecular weight excluding hydrogens is 1400 g/mol. The van der Waals surface area contributed by atoms with E-state index in [1.807, 2.05) is 18.2 Å². The molecule has 38 heteroatoms. The van der Waals surface area contributed by atoms with Crippen LogP contribution < -0.4 is 57.3 Å². The Morgan fingerprint density at radius 3 is 1.75 bits per heavy atom. The SMILES string of the molecule is CCC(c1ccccc1)C1NC(=O)CNC(=O)C(CO)NC(=O)C(C(O)C2CNC(=N)N2C2OC(CO)C(O)C(O)C2O)NC(=O)C(C(O)C2CNC(=N)N2)NC(=O)C(Cc2ccc(OC3OC(CO)C(OC4OC(COCc5ccc(Oc6ccccc6)cc5)C(O)C(O)C4O)C(O)C3O)cc2)NC1=O. The zero-order valence-electron chi connectivity index (χ0n) is 57.0. The Morgan fingerprint density at radius 1 is 0.519 bits per heavy atom. The van der Waals surface area contributed by atoms with Crippen LogP contribution in [0.2, 0.25) is 0 Å². The first-order valence-corrected chi connectivity index (χ1v) is 34.2. The zero-order valence-corrected chi connectivity index (χ0v) is 57.0. The molecule has 4 aromatic rings. The Hall–Kier alpha value is -8.88. The van der Waals surface area contributed by atoms with Crippen molar-refractivity contribution in [2.45, 2.75) is 179 Å². The maximum Gasteiger partial charge on any atom is 0.246 e. The Balaban J connectivity index is 0.887. The highest BCUT2D eigenvalue weighted by Gasteiger charge is 2.55. The second-order valence-electron chi connectivity index (χ2n) is 26.2. The van der Waals surface area contributed by atoms with E-state index in [1.165, 1.54) is 24.3 Å². The van der Waals surface area contributed by atoms with E-state index in [0.29, 0.717) is 22.6 Å². The fourth-order valence-electron chi connectivity index (χ4n) is 13.2. The van der Waals surface area contributed by atoms with Gasteiger partial charge in [0.15, 0.2) is 24.4 Å². The second-order valence-corrected chi connectivity index (χ2v) is 26.2. The standard InChI is InChI=1S/C68H90N12O26/c1-2-36(32-9-5-3-6-10-32)45-61(97)74-37(21-30-13-17-35(18-14-30)102-65-57(94)54(91)58(42(27-83)104-65)106-66-56(93)53(90)51(88)43(105-66)29-100-28-31-15-19-34(20-16-31)101-33-11-7-4-8-12-33)60(96)78-46(48(85)38-22-72-67(69)76-38)63(99)79-47(62(98)75-39(25-81)59(95)71-24-44(84)77-45)49(86)40-23-73-68(70)80(40)64-55(92)52(89)50(87)41(26-82)103-64/h3-20,36-43,45-58,64-66,81-83,85-94H,2,21-29H2,1H3,(H2,70,73)(H,71,95)(H,74,97)(H,75,98)(H,77,84)(H,78,96)(H,79,99)(H3,69,72,76). The van der Waals surface area contributed by atoms with Gasteiger partial charge in [0.2, 0.25) is 41.7 Å². The Bertz CT molecular complexity index is 3640. The Kier molecular flexibility index (Phi) is 27.2. The molecule has 6 aliphatic rings. The number of aliphatic hydroxyl groups excluding tert-OH is 13. The molecule has 6 saturated heterocycles. The highest BCUT2D eigenvalue weighted by atomic mass is 16.7. The van der Waals surface area contributed by atoms with Gasteiger partial charge in [0.1, 0.15) is 133 Å². The van der Waals surface area contributed by atoms with Crippen LogP contribution in [0, 0.1) is 10.8 Å². The third-order valence-electron chi connectivity index (χ3n) is 19.1. The van der Waals surface area contributed by atoms with Crippen LogP contribution in [0.25, 0.3) is 0 Å². The van der Waals surface area contributed by atoms with Gasteiger partial charge in [-0.2, -0.15) is 0 Å². The summed E-state index contributed by atoms with van der Waals surface area (Å²) in [6, 6.07) is 17.0. The number of hydrogen-bond donors (Lipinski definition) is 24. The van der Waals surface area contributed by atoms with Gasteiger partial charge in [0.05, 0.1) is 51.7 Å². The number of para-hydroxylation sites is 1. The number of amides is 6. The molecule has 0 bridgehead atoms. The first kappa shape index (κ1) is 79.7. The third kappa shape index (κ3) is 18.7. The van der Waals surface area contributed by atoms with Gasteiger partial charge in [-0.3, -0.25) is 39.6 Å². The molecule has 106 heavy (non-hydrogen) atoms. The maximum absolute atomic E-state index is 15.3. The molecule has 38 nitrogen and oxygen atoms in total. The molecule has 6 heterocycles. The topological polar surface area (TPSA) is 589 Å². The molecule has 0 radical (unpaired) electrons. The van der Waals surface area contributed by atoms with Crippen LogP contribution in [0.5, 0.6) is 17.2 Å². The van der Waals surface area contributed by atoms with Gasteiger partial charge in [0, 0.05) is 25.4 Å². The summed E-state index contributed by atoms with van der Waals surface area (Å²) < 4.78 is 40.9. The molecule has 0 aliphatic carbocycles. The molecule has 25 atom stereocenters. The van der Waals surface area contributed by atoms with Crippen molar-refractivity contribution < 1.29 is 128 Å². The van der Waals surface area contributed by atoms with Crippen LogP contribution in [-0.2, 0) is 65.5 Å². The molecule has 6 aliphatic heterocycles. The van der Waals surface area contributed by atoms with Crippen LogP contribution in [0.1, 0.15) is 36.0 Å². The molecule has 24 N–H and O–H groups in total. The predicted molar refractivity (Wildman–Crippen MR) is 362 cm³/mol. The number of ether oxygens (including phenoxy) is 7. The number of benzene rings is 4. The van der Waals surface area contributed by atoms with Gasteiger partial charge >= 0.3 is 0 Å². The number of carbonyl (C=O) groups is 6. The lowest BCUT2D eigenvalue weighted by Crippen LogP contribution is -2.69. The van der Waals surface area contributed by atoms with Gasteiger partial charge in [-0.05, 0) is 59.5 Å². The lowest BCUT2D eigenvalue weighted by molar-refractivity contribution is -0.353. The summed E-state index contributed by atoms with van der Waals surface area (Å²) in [5.74, 6) is -8.03. The van der Waals surface area contributed by atoms with Crippen LogP contribution >= 0.6 is 0 Å². The fourth-order valence-corrected chi connectivity index (χ4v) is 13.2. The van der Waals surface area contributed by atoms with E-state index in [1.54, 1.807) is 73.7 Å². The van der Waals surface area contributed by atoms with E-state index in [0.717, 1.165) is 4.90 Å². The monoisotopic (exact) mass is 1490 g/mol. The molecule has 4 aromatic carbocycles. The number of carbonyl (C=O) groups excluding carboxylic acids is 6. The van der Waals surface area contributed by atoms with Crippen molar-refractivity contribution in [2.24, 2.45) is 0 Å². The quantitative estimate of drug-likeness (QED) is 0.0328. The van der Waals surface area contributed by atoms with Gasteiger partial charge in [0.25, 0.3) is 0 Å². The molecule has 578 valence electrons. The largest absolute Gasteiger partial charge is 0.462 e. The Morgan fingerprint density at radius 2 is 1.09 bits per heavy atom. The zero-order chi connectivity index (χ0) is 76.2. The number of rotatable bonds is 23. The summed E-state index contributed by atoms with van der Waals surface area (Å²) in [7, 11) is 0. The fraction of sp³-hybridized carbons (Fsp3) is 0.529.